The molecule has 2 aromatic rings. The van der Waals surface area contributed by atoms with Crippen molar-refractivity contribution in [3.05, 3.63) is 69.4 Å². The van der Waals surface area contributed by atoms with E-state index in [0.29, 0.717) is 4.47 Å². The molecule has 0 aromatic heterocycles. The summed E-state index contributed by atoms with van der Waals surface area (Å²) in [5.74, 6) is -2.63. The van der Waals surface area contributed by atoms with Crippen LogP contribution in [-0.4, -0.2) is 0 Å². The summed E-state index contributed by atoms with van der Waals surface area (Å²) in [6.07, 6.45) is 0. The normalized spacial score (nSPS) is 12.5. The summed E-state index contributed by atoms with van der Waals surface area (Å²) < 4.78 is 40.8. The maximum Gasteiger partial charge on any atom is 0.163 e. The lowest BCUT2D eigenvalue weighted by Gasteiger charge is -2.16. The Hall–Kier alpha value is -1.33. The first-order valence-corrected chi connectivity index (χ1v) is 5.95. The number of nitrogens with two attached hydrogens (primary N) is 1. The fourth-order valence-electron chi connectivity index (χ4n) is 1.72. The average molecular weight is 316 g/mol. The van der Waals surface area contributed by atoms with Gasteiger partial charge in [0.1, 0.15) is 5.82 Å². The molecule has 0 saturated carbocycles. The lowest BCUT2D eigenvalue weighted by Crippen LogP contribution is -2.16. The van der Waals surface area contributed by atoms with Gasteiger partial charge in [-0.05, 0) is 18.2 Å². The van der Waals surface area contributed by atoms with E-state index < -0.39 is 23.5 Å². The van der Waals surface area contributed by atoms with Gasteiger partial charge in [-0.2, -0.15) is 0 Å². The highest BCUT2D eigenvalue weighted by atomic mass is 79.9. The van der Waals surface area contributed by atoms with Crippen LogP contribution in [0.4, 0.5) is 13.2 Å². The summed E-state index contributed by atoms with van der Waals surface area (Å²) in [6.45, 7) is 0. The molecule has 0 fully saturated rings. The first-order valence-electron chi connectivity index (χ1n) is 5.15. The quantitative estimate of drug-likeness (QED) is 0.893. The highest BCUT2D eigenvalue weighted by Crippen LogP contribution is 2.30. The van der Waals surface area contributed by atoms with Crippen molar-refractivity contribution in [1.29, 1.82) is 0 Å². The van der Waals surface area contributed by atoms with Crippen molar-refractivity contribution in [3.63, 3.8) is 0 Å². The molecule has 94 valence electrons. The van der Waals surface area contributed by atoms with E-state index in [-0.39, 0.29) is 11.1 Å². The smallest absolute Gasteiger partial charge is 0.163 e. The summed E-state index contributed by atoms with van der Waals surface area (Å²) in [6, 6.07) is 6.90. The molecular formula is C13H9BrF3N. The minimum absolute atomic E-state index is 0.0826. The Kier molecular flexibility index (Phi) is 3.73. The molecule has 2 N–H and O–H groups in total. The number of rotatable bonds is 2. The Labute approximate surface area is 111 Å². The molecule has 0 aliphatic rings. The zero-order valence-electron chi connectivity index (χ0n) is 9.13. The highest BCUT2D eigenvalue weighted by Gasteiger charge is 2.21. The molecule has 1 nitrogen and oxygen atoms in total. The zero-order valence-corrected chi connectivity index (χ0v) is 10.7. The van der Waals surface area contributed by atoms with Crippen molar-refractivity contribution < 1.29 is 13.2 Å². The molecule has 0 bridgehead atoms. The van der Waals surface area contributed by atoms with Gasteiger partial charge in [0.05, 0.1) is 6.04 Å². The first kappa shape index (κ1) is 13.1. The molecule has 0 amide bonds. The van der Waals surface area contributed by atoms with Gasteiger partial charge in [-0.25, -0.2) is 13.2 Å². The Balaban J connectivity index is 2.55. The van der Waals surface area contributed by atoms with Gasteiger partial charge in [0.2, 0.25) is 0 Å². The SMILES string of the molecule is NC(c1cccc(F)c1F)c1c(F)cccc1Br. The van der Waals surface area contributed by atoms with Crippen LogP contribution in [0.5, 0.6) is 0 Å². The lowest BCUT2D eigenvalue weighted by atomic mass is 9.98. The summed E-state index contributed by atoms with van der Waals surface area (Å²) in [5, 5.41) is 0. The summed E-state index contributed by atoms with van der Waals surface area (Å²) in [5.41, 5.74) is 5.83. The van der Waals surface area contributed by atoms with Crippen LogP contribution in [0.2, 0.25) is 0 Å². The van der Waals surface area contributed by atoms with Gasteiger partial charge in [-0.3, -0.25) is 0 Å². The molecule has 1 unspecified atom stereocenters. The third-order valence-corrected chi connectivity index (χ3v) is 3.32. The largest absolute Gasteiger partial charge is 0.320 e. The summed E-state index contributed by atoms with van der Waals surface area (Å²) in [4.78, 5) is 0. The molecule has 0 heterocycles. The lowest BCUT2D eigenvalue weighted by molar-refractivity contribution is 0.492. The molecular weight excluding hydrogens is 307 g/mol. The maximum absolute atomic E-state index is 13.7. The number of hydrogen-bond donors (Lipinski definition) is 1. The molecule has 2 rings (SSSR count). The van der Waals surface area contributed by atoms with Crippen LogP contribution in [0.1, 0.15) is 17.2 Å². The maximum atomic E-state index is 13.7. The van der Waals surface area contributed by atoms with Gasteiger partial charge >= 0.3 is 0 Å². The second-order valence-electron chi connectivity index (χ2n) is 3.76. The molecule has 5 heteroatoms. The third kappa shape index (κ3) is 2.28. The molecule has 1 atom stereocenters. The van der Waals surface area contributed by atoms with Gasteiger partial charge < -0.3 is 5.73 Å². The van der Waals surface area contributed by atoms with Crippen LogP contribution in [0.25, 0.3) is 0 Å². The van der Waals surface area contributed by atoms with Gasteiger partial charge in [-0.15, -0.1) is 0 Å². The van der Waals surface area contributed by atoms with Crippen LogP contribution in [0.15, 0.2) is 40.9 Å². The molecule has 0 aliphatic carbocycles. The Morgan fingerprint density at radius 2 is 1.56 bits per heavy atom. The van der Waals surface area contributed by atoms with Crippen LogP contribution < -0.4 is 5.73 Å². The molecule has 0 radical (unpaired) electrons. The van der Waals surface area contributed by atoms with Crippen molar-refractivity contribution in [2.75, 3.05) is 0 Å². The summed E-state index contributed by atoms with van der Waals surface area (Å²) >= 11 is 3.15. The van der Waals surface area contributed by atoms with E-state index in [2.05, 4.69) is 15.9 Å². The van der Waals surface area contributed by atoms with Crippen LogP contribution in [0.3, 0.4) is 0 Å². The van der Waals surface area contributed by atoms with E-state index in [4.69, 9.17) is 5.73 Å². The predicted octanol–water partition coefficient (Wildman–Crippen LogP) is 3.91. The molecule has 0 aliphatic heterocycles. The highest BCUT2D eigenvalue weighted by molar-refractivity contribution is 9.10. The predicted molar refractivity (Wildman–Crippen MR) is 66.5 cm³/mol. The van der Waals surface area contributed by atoms with E-state index in [1.165, 1.54) is 24.3 Å². The first-order chi connectivity index (χ1) is 8.52. The number of benzene rings is 2. The second kappa shape index (κ2) is 5.12. The molecule has 18 heavy (non-hydrogen) atoms. The zero-order chi connectivity index (χ0) is 13.3. The molecule has 0 saturated heterocycles. The van der Waals surface area contributed by atoms with Crippen LogP contribution >= 0.6 is 15.9 Å². The summed E-state index contributed by atoms with van der Waals surface area (Å²) in [7, 11) is 0. The second-order valence-corrected chi connectivity index (χ2v) is 4.61. The van der Waals surface area contributed by atoms with E-state index >= 15 is 0 Å². The molecule has 2 aromatic carbocycles. The minimum Gasteiger partial charge on any atom is -0.320 e. The minimum atomic E-state index is -1.07. The number of halogens is 4. The topological polar surface area (TPSA) is 26.0 Å². The van der Waals surface area contributed by atoms with Crippen molar-refractivity contribution in [3.8, 4) is 0 Å². The van der Waals surface area contributed by atoms with Crippen LogP contribution in [-0.2, 0) is 0 Å². The fourth-order valence-corrected chi connectivity index (χ4v) is 2.31. The van der Waals surface area contributed by atoms with E-state index in [1.807, 2.05) is 0 Å². The van der Waals surface area contributed by atoms with Crippen LogP contribution in [0, 0.1) is 17.5 Å². The van der Waals surface area contributed by atoms with Gasteiger partial charge in [-0.1, -0.05) is 34.1 Å². The molecule has 0 spiro atoms. The monoisotopic (exact) mass is 315 g/mol. The Morgan fingerprint density at radius 3 is 2.22 bits per heavy atom. The van der Waals surface area contributed by atoms with E-state index in [1.54, 1.807) is 6.07 Å². The van der Waals surface area contributed by atoms with Gasteiger partial charge in [0.25, 0.3) is 0 Å². The van der Waals surface area contributed by atoms with E-state index in [9.17, 15) is 13.2 Å². The van der Waals surface area contributed by atoms with E-state index in [0.717, 1.165) is 6.07 Å². The van der Waals surface area contributed by atoms with Gasteiger partial charge in [0, 0.05) is 15.6 Å². The fraction of sp³-hybridized carbons (Fsp3) is 0.0769. The average Bonchev–Trinajstić information content (AvgIpc) is 2.32. The Morgan fingerprint density at radius 1 is 0.944 bits per heavy atom. The van der Waals surface area contributed by atoms with Crippen molar-refractivity contribution in [2.45, 2.75) is 6.04 Å². The van der Waals surface area contributed by atoms with Crippen molar-refractivity contribution in [2.24, 2.45) is 5.73 Å². The third-order valence-electron chi connectivity index (χ3n) is 2.63. The number of hydrogen-bond acceptors (Lipinski definition) is 1. The Bertz CT molecular complexity index is 566. The van der Waals surface area contributed by atoms with Gasteiger partial charge in [0.15, 0.2) is 11.6 Å². The van der Waals surface area contributed by atoms with Crippen molar-refractivity contribution in [1.82, 2.24) is 0 Å². The van der Waals surface area contributed by atoms with Crippen molar-refractivity contribution >= 4 is 15.9 Å². The standard InChI is InChI=1S/C13H9BrF3N/c14-8-4-2-5-9(15)11(8)13(18)7-3-1-6-10(16)12(7)17/h1-6,13H,18H2.